The molecule has 2 aromatic carbocycles. The Balaban J connectivity index is 1.61. The number of amidine groups is 1. The molecule has 0 radical (unpaired) electrons. The summed E-state index contributed by atoms with van der Waals surface area (Å²) in [5, 5.41) is 22.4. The number of anilines is 2. The topological polar surface area (TPSA) is 146 Å². The molecule has 1 atom stereocenters. The molecular weight excluding hydrogens is 540 g/mol. The summed E-state index contributed by atoms with van der Waals surface area (Å²) in [4.78, 5) is 24.3. The highest BCUT2D eigenvalue weighted by molar-refractivity contribution is 7.92. The third-order valence-corrected chi connectivity index (χ3v) is 7.85. The normalized spacial score (nSPS) is 15.0. The van der Waals surface area contributed by atoms with E-state index < -0.39 is 35.4 Å². The van der Waals surface area contributed by atoms with Gasteiger partial charge in [-0.15, -0.1) is 0 Å². The molecule has 0 aliphatic carbocycles. The summed E-state index contributed by atoms with van der Waals surface area (Å²) in [5.41, 5.74) is 1.12. The van der Waals surface area contributed by atoms with Crippen molar-refractivity contribution in [2.75, 3.05) is 16.3 Å². The molecule has 0 fully saturated rings. The van der Waals surface area contributed by atoms with E-state index in [0.29, 0.717) is 22.1 Å². The zero-order valence-corrected chi connectivity index (χ0v) is 21.6. The van der Waals surface area contributed by atoms with E-state index in [2.05, 4.69) is 19.9 Å². The third kappa shape index (κ3) is 5.25. The largest absolute Gasteiger partial charge is 0.505 e. The Morgan fingerprint density at radius 1 is 1.19 bits per heavy atom. The number of fused-ring (bicyclic) bond motifs is 1. The number of aromatic hydroxyl groups is 1. The van der Waals surface area contributed by atoms with Gasteiger partial charge < -0.3 is 15.3 Å². The van der Waals surface area contributed by atoms with E-state index in [1.807, 2.05) is 0 Å². The Morgan fingerprint density at radius 2 is 1.95 bits per heavy atom. The van der Waals surface area contributed by atoms with Crippen molar-refractivity contribution in [1.82, 2.24) is 9.78 Å². The van der Waals surface area contributed by atoms with Gasteiger partial charge in [-0.1, -0.05) is 12.1 Å². The summed E-state index contributed by atoms with van der Waals surface area (Å²) < 4.78 is 44.2. The highest BCUT2D eigenvalue weighted by Crippen LogP contribution is 2.40. The van der Waals surface area contributed by atoms with Crippen molar-refractivity contribution < 1.29 is 22.8 Å². The Hall–Kier alpha value is -3.64. The van der Waals surface area contributed by atoms with E-state index in [1.54, 1.807) is 16.8 Å². The Morgan fingerprint density at radius 3 is 2.62 bits per heavy atom. The van der Waals surface area contributed by atoms with Gasteiger partial charge in [-0.3, -0.25) is 9.52 Å². The van der Waals surface area contributed by atoms with Crippen LogP contribution in [0, 0.1) is 5.82 Å². The maximum absolute atomic E-state index is 13.5. The van der Waals surface area contributed by atoms with Gasteiger partial charge in [0.1, 0.15) is 22.9 Å². The number of rotatable bonds is 6. The van der Waals surface area contributed by atoms with Gasteiger partial charge in [0.15, 0.2) is 14.0 Å². The lowest BCUT2D eigenvalue weighted by Gasteiger charge is -2.23. The van der Waals surface area contributed by atoms with Crippen LogP contribution < -0.4 is 20.9 Å². The molecule has 37 heavy (non-hydrogen) atoms. The average Bonchev–Trinajstić information content (AvgIpc) is 3.36. The molecular formula is C23H19FN5O5PS2. The van der Waals surface area contributed by atoms with Crippen LogP contribution in [0.3, 0.4) is 0 Å². The van der Waals surface area contributed by atoms with Crippen LogP contribution in [-0.2, 0) is 16.6 Å². The molecule has 0 bridgehead atoms. The predicted octanol–water partition coefficient (Wildman–Crippen LogP) is 3.04. The van der Waals surface area contributed by atoms with Crippen molar-refractivity contribution in [2.45, 2.75) is 6.54 Å². The van der Waals surface area contributed by atoms with Gasteiger partial charge in [0.2, 0.25) is 10.0 Å². The minimum atomic E-state index is -3.53. The van der Waals surface area contributed by atoms with Gasteiger partial charge in [0.25, 0.3) is 5.56 Å². The van der Waals surface area contributed by atoms with E-state index in [1.165, 1.54) is 53.8 Å². The van der Waals surface area contributed by atoms with Crippen molar-refractivity contribution in [3.63, 3.8) is 0 Å². The molecule has 4 aromatic rings. The Bertz CT molecular complexity index is 1690. The fraction of sp³-hybridized carbons (Fsp3) is 0.0870. The number of sulfonamides is 1. The van der Waals surface area contributed by atoms with E-state index in [0.717, 1.165) is 10.9 Å². The number of nitrogens with zero attached hydrogens (tertiary/aromatic N) is 3. The van der Waals surface area contributed by atoms with Crippen LogP contribution in [0.15, 0.2) is 68.8 Å². The molecule has 190 valence electrons. The molecule has 0 saturated carbocycles. The summed E-state index contributed by atoms with van der Waals surface area (Å²) in [7, 11) is -5.73. The van der Waals surface area contributed by atoms with E-state index in [4.69, 9.17) is 0 Å². The molecule has 2 aromatic heterocycles. The molecule has 14 heteroatoms. The van der Waals surface area contributed by atoms with Crippen LogP contribution in [0.4, 0.5) is 15.8 Å². The van der Waals surface area contributed by atoms with Crippen LogP contribution in [0.2, 0.25) is 0 Å². The zero-order valence-electron chi connectivity index (χ0n) is 19.1. The number of thiophene rings is 1. The lowest BCUT2D eigenvalue weighted by atomic mass is 10.1. The third-order valence-electron chi connectivity index (χ3n) is 5.37. The molecule has 0 amide bonds. The van der Waals surface area contributed by atoms with Gasteiger partial charge in [-0.05, 0) is 47.3 Å². The maximum atomic E-state index is 13.5. The van der Waals surface area contributed by atoms with E-state index in [9.17, 15) is 27.6 Å². The molecule has 0 spiro atoms. The monoisotopic (exact) mass is 559 g/mol. The first kappa shape index (κ1) is 25.0. The van der Waals surface area contributed by atoms with Crippen LogP contribution in [-0.4, -0.2) is 40.3 Å². The fourth-order valence-electron chi connectivity index (χ4n) is 3.73. The number of nitrogens with one attached hydrogen (secondary N) is 2. The molecule has 3 heterocycles. The van der Waals surface area contributed by atoms with Gasteiger partial charge in [-0.2, -0.15) is 16.4 Å². The van der Waals surface area contributed by atoms with Crippen molar-refractivity contribution >= 4 is 52.2 Å². The van der Waals surface area contributed by atoms with Crippen LogP contribution in [0.25, 0.3) is 11.3 Å². The van der Waals surface area contributed by atoms with Crippen molar-refractivity contribution in [3.8, 4) is 17.0 Å². The highest BCUT2D eigenvalue weighted by atomic mass is 32.2. The van der Waals surface area contributed by atoms with Crippen molar-refractivity contribution in [1.29, 1.82) is 0 Å². The summed E-state index contributed by atoms with van der Waals surface area (Å²) in [6, 6.07) is 11.8. The average molecular weight is 560 g/mol. The number of hydrogen-bond donors (Lipinski definition) is 4. The first-order chi connectivity index (χ1) is 17.6. The number of halogens is 1. The lowest BCUT2D eigenvalue weighted by molar-refractivity contribution is 0.464. The first-order valence-electron chi connectivity index (χ1n) is 10.7. The van der Waals surface area contributed by atoms with Crippen LogP contribution in [0.5, 0.6) is 5.75 Å². The predicted molar refractivity (Wildman–Crippen MR) is 143 cm³/mol. The number of hydrogen-bond acceptors (Lipinski definition) is 9. The molecule has 4 N–H and O–H groups in total. The maximum Gasteiger partial charge on any atom is 0.281 e. The molecule has 1 unspecified atom stereocenters. The first-order valence-corrected chi connectivity index (χ1v) is 14.7. The molecule has 5 rings (SSSR count). The summed E-state index contributed by atoms with van der Waals surface area (Å²) in [5.74, 6) is -0.883. The van der Waals surface area contributed by atoms with Gasteiger partial charge in [0, 0.05) is 16.6 Å². The van der Waals surface area contributed by atoms with E-state index in [-0.39, 0.29) is 29.3 Å². The second kappa shape index (κ2) is 9.67. The summed E-state index contributed by atoms with van der Waals surface area (Å²) in [6.45, 7) is 0.00179. The molecule has 1 aliphatic rings. The molecule has 10 nitrogen and oxygen atoms in total. The Kier molecular flexibility index (Phi) is 6.54. The van der Waals surface area contributed by atoms with Crippen molar-refractivity contribution in [2.24, 2.45) is 4.76 Å². The summed E-state index contributed by atoms with van der Waals surface area (Å²) >= 11 is 1.38. The highest BCUT2D eigenvalue weighted by Gasteiger charge is 2.28. The summed E-state index contributed by atoms with van der Waals surface area (Å²) in [6.07, 6.45) is 1.01. The second-order valence-electron chi connectivity index (χ2n) is 8.14. The quantitative estimate of drug-likeness (QED) is 0.266. The van der Waals surface area contributed by atoms with Crippen LogP contribution in [0.1, 0.15) is 11.1 Å². The smallest absolute Gasteiger partial charge is 0.281 e. The number of aromatic nitrogens is 2. The molecule has 1 aliphatic heterocycles. The molecule has 0 saturated heterocycles. The van der Waals surface area contributed by atoms with Gasteiger partial charge in [-0.25, -0.2) is 22.3 Å². The van der Waals surface area contributed by atoms with Gasteiger partial charge >= 0.3 is 0 Å². The standard InChI is InChI=1S/C23H19FN5O5PS2/c1-37(33,34)28-16-6-7-17-18(10-16)35(32)27-22(25-17)19-21(30)20(14-8-9-36-12-14)26-29(23(19)31)11-13-2-4-15(24)5-3-13/h2-10,12,28,30,32H,11H2,1H3,(H,25,27). The Labute approximate surface area is 215 Å². The van der Waals surface area contributed by atoms with Gasteiger partial charge in [0.05, 0.1) is 23.8 Å². The van der Waals surface area contributed by atoms with Crippen LogP contribution >= 0.6 is 19.6 Å². The minimum Gasteiger partial charge on any atom is -0.505 e. The second-order valence-corrected chi connectivity index (χ2v) is 11.9. The minimum absolute atomic E-state index is 0.00179. The lowest BCUT2D eigenvalue weighted by Crippen LogP contribution is -2.34. The van der Waals surface area contributed by atoms with E-state index >= 15 is 0 Å². The fourth-order valence-corrected chi connectivity index (χ4v) is 5.98. The number of benzene rings is 2. The zero-order chi connectivity index (χ0) is 26.3. The SMILES string of the molecule is CS(=O)(=O)Nc1ccc2c(c1)P(O)N=C(c1c(O)c(-c3ccsc3)nn(Cc3ccc(F)cc3)c1=O)N2. The van der Waals surface area contributed by atoms with Crippen molar-refractivity contribution in [3.05, 3.63) is 86.6 Å².